The van der Waals surface area contributed by atoms with Gasteiger partial charge < -0.3 is 10.1 Å². The lowest BCUT2D eigenvalue weighted by atomic mass is 10.1. The van der Waals surface area contributed by atoms with E-state index in [1.807, 2.05) is 12.1 Å². The summed E-state index contributed by atoms with van der Waals surface area (Å²) in [7, 11) is 0. The Morgan fingerprint density at radius 3 is 3.00 bits per heavy atom. The third kappa shape index (κ3) is 2.69. The Morgan fingerprint density at radius 1 is 1.26 bits per heavy atom. The number of rotatable bonds is 3. The zero-order valence-electron chi connectivity index (χ0n) is 10.9. The van der Waals surface area contributed by atoms with Crippen LogP contribution >= 0.6 is 11.6 Å². The minimum absolute atomic E-state index is 0.729. The first-order chi connectivity index (χ1) is 9.22. The molecule has 1 N–H and O–H groups in total. The molecule has 2 aromatic carbocycles. The van der Waals surface area contributed by atoms with Crippen molar-refractivity contribution in [2.45, 2.75) is 19.9 Å². The highest BCUT2D eigenvalue weighted by Gasteiger charge is 2.17. The van der Waals surface area contributed by atoms with Gasteiger partial charge in [0, 0.05) is 29.2 Å². The lowest BCUT2D eigenvalue weighted by Gasteiger charge is -2.11. The fraction of sp³-hybridized carbons (Fsp3) is 0.250. The van der Waals surface area contributed by atoms with Crippen molar-refractivity contribution in [1.29, 1.82) is 0 Å². The van der Waals surface area contributed by atoms with Crippen LogP contribution in [0.1, 0.15) is 16.7 Å². The van der Waals surface area contributed by atoms with Crippen LogP contribution in [0, 0.1) is 6.92 Å². The predicted octanol–water partition coefficient (Wildman–Crippen LogP) is 4.20. The summed E-state index contributed by atoms with van der Waals surface area (Å²) < 4.78 is 5.70. The molecule has 2 aromatic rings. The maximum atomic E-state index is 6.15. The molecule has 3 heteroatoms. The second-order valence-electron chi connectivity index (χ2n) is 4.87. The summed E-state index contributed by atoms with van der Waals surface area (Å²) in [4.78, 5) is 0. The molecule has 0 unspecified atom stereocenters. The van der Waals surface area contributed by atoms with Gasteiger partial charge in [-0.2, -0.15) is 0 Å². The number of anilines is 1. The molecule has 0 spiro atoms. The maximum absolute atomic E-state index is 6.15. The predicted molar refractivity (Wildman–Crippen MR) is 79.2 cm³/mol. The summed E-state index contributed by atoms with van der Waals surface area (Å²) in [5, 5.41) is 4.20. The highest BCUT2D eigenvalue weighted by molar-refractivity contribution is 6.30. The van der Waals surface area contributed by atoms with Gasteiger partial charge in [0.25, 0.3) is 0 Å². The Bertz CT molecular complexity index is 610. The van der Waals surface area contributed by atoms with E-state index < -0.39 is 0 Å². The standard InChI is InChI=1S/C16H16ClNO/c1-11-3-2-4-15(7-11)18-10-13-9-14(17)8-12-5-6-19-16(12)13/h2-4,7-9,18H,5-6,10H2,1H3. The molecule has 0 atom stereocenters. The van der Waals surface area contributed by atoms with Crippen molar-refractivity contribution < 1.29 is 4.74 Å². The van der Waals surface area contributed by atoms with E-state index >= 15 is 0 Å². The van der Waals surface area contributed by atoms with Crippen molar-refractivity contribution in [3.63, 3.8) is 0 Å². The van der Waals surface area contributed by atoms with Crippen molar-refractivity contribution in [3.8, 4) is 5.75 Å². The van der Waals surface area contributed by atoms with E-state index in [0.717, 1.165) is 41.6 Å². The van der Waals surface area contributed by atoms with Crippen molar-refractivity contribution in [1.82, 2.24) is 0 Å². The van der Waals surface area contributed by atoms with Crippen LogP contribution in [-0.2, 0) is 13.0 Å². The molecular formula is C16H16ClNO. The van der Waals surface area contributed by atoms with Gasteiger partial charge in [0.15, 0.2) is 0 Å². The number of halogens is 1. The first kappa shape index (κ1) is 12.4. The van der Waals surface area contributed by atoms with Crippen LogP contribution in [0.25, 0.3) is 0 Å². The monoisotopic (exact) mass is 273 g/mol. The topological polar surface area (TPSA) is 21.3 Å². The molecule has 2 nitrogen and oxygen atoms in total. The van der Waals surface area contributed by atoms with Gasteiger partial charge in [-0.05, 0) is 42.3 Å². The molecule has 1 aliphatic heterocycles. The Kier molecular flexibility index (Phi) is 3.34. The minimum atomic E-state index is 0.729. The first-order valence-electron chi connectivity index (χ1n) is 6.47. The van der Waals surface area contributed by atoms with Crippen molar-refractivity contribution in [3.05, 3.63) is 58.1 Å². The Hall–Kier alpha value is -1.67. The van der Waals surface area contributed by atoms with Gasteiger partial charge in [0.1, 0.15) is 5.75 Å². The molecule has 98 valence electrons. The minimum Gasteiger partial charge on any atom is -0.493 e. The lowest BCUT2D eigenvalue weighted by molar-refractivity contribution is 0.354. The highest BCUT2D eigenvalue weighted by Crippen LogP contribution is 2.33. The van der Waals surface area contributed by atoms with Crippen LogP contribution in [0.4, 0.5) is 5.69 Å². The lowest BCUT2D eigenvalue weighted by Crippen LogP contribution is -2.01. The fourth-order valence-electron chi connectivity index (χ4n) is 2.43. The first-order valence-corrected chi connectivity index (χ1v) is 6.85. The number of benzene rings is 2. The second-order valence-corrected chi connectivity index (χ2v) is 5.31. The SMILES string of the molecule is Cc1cccc(NCc2cc(Cl)cc3c2OCC3)c1. The number of fused-ring (bicyclic) bond motifs is 1. The summed E-state index contributed by atoms with van der Waals surface area (Å²) in [6, 6.07) is 12.3. The maximum Gasteiger partial charge on any atom is 0.127 e. The van der Waals surface area contributed by atoms with Gasteiger partial charge in [-0.3, -0.25) is 0 Å². The van der Waals surface area contributed by atoms with E-state index in [1.165, 1.54) is 11.1 Å². The van der Waals surface area contributed by atoms with Crippen LogP contribution in [0.2, 0.25) is 5.02 Å². The van der Waals surface area contributed by atoms with Crippen LogP contribution in [0.3, 0.4) is 0 Å². The third-order valence-electron chi connectivity index (χ3n) is 3.33. The van der Waals surface area contributed by atoms with Crippen molar-refractivity contribution >= 4 is 17.3 Å². The number of nitrogens with one attached hydrogen (secondary N) is 1. The smallest absolute Gasteiger partial charge is 0.127 e. The molecule has 3 rings (SSSR count). The van der Waals surface area contributed by atoms with Crippen LogP contribution in [-0.4, -0.2) is 6.61 Å². The summed E-state index contributed by atoms with van der Waals surface area (Å²) in [6.45, 7) is 3.57. The molecule has 0 aliphatic carbocycles. The van der Waals surface area contributed by atoms with E-state index in [1.54, 1.807) is 0 Å². The number of aryl methyl sites for hydroxylation is 1. The van der Waals surface area contributed by atoms with Crippen LogP contribution in [0.15, 0.2) is 36.4 Å². The molecule has 0 aromatic heterocycles. The zero-order chi connectivity index (χ0) is 13.2. The van der Waals surface area contributed by atoms with Gasteiger partial charge in [-0.25, -0.2) is 0 Å². The summed E-state index contributed by atoms with van der Waals surface area (Å²) in [5.74, 6) is 1.00. The summed E-state index contributed by atoms with van der Waals surface area (Å²) in [6.07, 6.45) is 0.952. The molecule has 0 fully saturated rings. The Morgan fingerprint density at radius 2 is 2.16 bits per heavy atom. The van der Waals surface area contributed by atoms with Gasteiger partial charge in [-0.1, -0.05) is 23.7 Å². The Labute approximate surface area is 118 Å². The van der Waals surface area contributed by atoms with Gasteiger partial charge in [0.05, 0.1) is 6.61 Å². The number of hydrogen-bond acceptors (Lipinski definition) is 2. The third-order valence-corrected chi connectivity index (χ3v) is 3.54. The summed E-state index contributed by atoms with van der Waals surface area (Å²) >= 11 is 6.15. The van der Waals surface area contributed by atoms with Gasteiger partial charge >= 0.3 is 0 Å². The molecule has 0 amide bonds. The molecular weight excluding hydrogens is 258 g/mol. The molecule has 0 saturated heterocycles. The van der Waals surface area contributed by atoms with E-state index in [-0.39, 0.29) is 0 Å². The molecule has 0 bridgehead atoms. The molecule has 1 aliphatic rings. The molecule has 19 heavy (non-hydrogen) atoms. The van der Waals surface area contributed by atoms with E-state index in [9.17, 15) is 0 Å². The average molecular weight is 274 g/mol. The Balaban J connectivity index is 1.81. The van der Waals surface area contributed by atoms with Crippen molar-refractivity contribution in [2.75, 3.05) is 11.9 Å². The number of ether oxygens (including phenoxy) is 1. The fourth-order valence-corrected chi connectivity index (χ4v) is 2.69. The van der Waals surface area contributed by atoms with E-state index in [2.05, 4.69) is 36.5 Å². The zero-order valence-corrected chi connectivity index (χ0v) is 11.6. The summed E-state index contributed by atoms with van der Waals surface area (Å²) in [5.41, 5.74) is 4.71. The second kappa shape index (κ2) is 5.14. The van der Waals surface area contributed by atoms with E-state index in [4.69, 9.17) is 16.3 Å². The molecule has 0 saturated carbocycles. The molecule has 1 heterocycles. The highest BCUT2D eigenvalue weighted by atomic mass is 35.5. The molecule has 0 radical (unpaired) electrons. The largest absolute Gasteiger partial charge is 0.493 e. The van der Waals surface area contributed by atoms with E-state index in [0.29, 0.717) is 0 Å². The van der Waals surface area contributed by atoms with Crippen molar-refractivity contribution in [2.24, 2.45) is 0 Å². The average Bonchev–Trinajstić information content (AvgIpc) is 2.84. The van der Waals surface area contributed by atoms with Crippen LogP contribution in [0.5, 0.6) is 5.75 Å². The number of hydrogen-bond donors (Lipinski definition) is 1. The van der Waals surface area contributed by atoms with Crippen LogP contribution < -0.4 is 10.1 Å². The normalized spacial score (nSPS) is 12.9. The van der Waals surface area contributed by atoms with Gasteiger partial charge in [-0.15, -0.1) is 0 Å². The quantitative estimate of drug-likeness (QED) is 0.905. The van der Waals surface area contributed by atoms with Gasteiger partial charge in [0.2, 0.25) is 0 Å².